The summed E-state index contributed by atoms with van der Waals surface area (Å²) in [5, 5.41) is 13.2. The molecule has 0 bridgehead atoms. The Labute approximate surface area is 131 Å². The highest BCUT2D eigenvalue weighted by molar-refractivity contribution is 4.92. The van der Waals surface area contributed by atoms with Crippen LogP contribution in [0.5, 0.6) is 0 Å². The van der Waals surface area contributed by atoms with Gasteiger partial charge in [-0.15, -0.1) is 0 Å². The van der Waals surface area contributed by atoms with E-state index in [4.69, 9.17) is 0 Å². The molecule has 1 saturated carbocycles. The molecule has 0 heterocycles. The molecule has 1 rings (SSSR count). The second-order valence-corrected chi connectivity index (χ2v) is 7.24. The topological polar surface area (TPSA) is 38.7 Å². The van der Waals surface area contributed by atoms with Crippen molar-refractivity contribution >= 4 is 0 Å². The average Bonchev–Trinajstić information content (AvgIpc) is 3.24. The van der Waals surface area contributed by atoms with Gasteiger partial charge in [-0.1, -0.05) is 13.3 Å². The first kappa shape index (κ1) is 18.9. The molecule has 1 unspecified atom stereocenters. The molecule has 1 aliphatic carbocycles. The van der Waals surface area contributed by atoms with E-state index in [0.717, 1.165) is 13.0 Å². The first-order valence-electron chi connectivity index (χ1n) is 8.74. The number of rotatable bonds is 13. The van der Waals surface area contributed by atoms with Crippen LogP contribution < -0.4 is 5.32 Å². The van der Waals surface area contributed by atoms with Gasteiger partial charge in [0.05, 0.1) is 6.61 Å². The third-order valence-electron chi connectivity index (χ3n) is 4.34. The van der Waals surface area contributed by atoms with Crippen LogP contribution in [0.25, 0.3) is 0 Å². The third-order valence-corrected chi connectivity index (χ3v) is 4.34. The second-order valence-electron chi connectivity index (χ2n) is 7.24. The molecule has 21 heavy (non-hydrogen) atoms. The van der Waals surface area contributed by atoms with E-state index in [-0.39, 0.29) is 12.1 Å². The van der Waals surface area contributed by atoms with Gasteiger partial charge in [-0.3, -0.25) is 0 Å². The first-order valence-corrected chi connectivity index (χ1v) is 8.74. The molecule has 0 aliphatic heterocycles. The molecule has 0 radical (unpaired) electrons. The molecule has 2 N–H and O–H groups in total. The Kier molecular flexibility index (Phi) is 8.79. The fraction of sp³-hybridized carbons (Fsp3) is 1.00. The molecule has 0 saturated heterocycles. The fourth-order valence-corrected chi connectivity index (χ4v) is 2.76. The van der Waals surface area contributed by atoms with E-state index < -0.39 is 0 Å². The summed E-state index contributed by atoms with van der Waals surface area (Å²) >= 11 is 0. The molecule has 1 aliphatic rings. The quantitative estimate of drug-likeness (QED) is 0.510. The Hall–Kier alpha value is -0.160. The van der Waals surface area contributed by atoms with Crippen molar-refractivity contribution in [1.82, 2.24) is 15.1 Å². The Morgan fingerprint density at radius 3 is 2.33 bits per heavy atom. The summed E-state index contributed by atoms with van der Waals surface area (Å²) in [6, 6.07) is 0.666. The lowest BCUT2D eigenvalue weighted by Crippen LogP contribution is -2.47. The molecular formula is C17H37N3O. The van der Waals surface area contributed by atoms with Crippen molar-refractivity contribution in [3.8, 4) is 0 Å². The normalized spacial score (nSPS) is 18.4. The van der Waals surface area contributed by atoms with Crippen LogP contribution in [0, 0.1) is 0 Å². The zero-order valence-electron chi connectivity index (χ0n) is 14.7. The Bertz CT molecular complexity index is 269. The van der Waals surface area contributed by atoms with Gasteiger partial charge in [0, 0.05) is 24.7 Å². The van der Waals surface area contributed by atoms with Crippen LogP contribution >= 0.6 is 0 Å². The van der Waals surface area contributed by atoms with Crippen LogP contribution in [0.4, 0.5) is 0 Å². The smallest absolute Gasteiger partial charge is 0.0610 e. The van der Waals surface area contributed by atoms with Crippen molar-refractivity contribution in [3.63, 3.8) is 0 Å². The highest BCUT2D eigenvalue weighted by Gasteiger charge is 2.31. The summed E-state index contributed by atoms with van der Waals surface area (Å²) in [5.41, 5.74) is -0.0691. The van der Waals surface area contributed by atoms with E-state index in [2.05, 4.69) is 43.1 Å². The van der Waals surface area contributed by atoms with Gasteiger partial charge in [-0.25, -0.2) is 0 Å². The maximum absolute atomic E-state index is 9.62. The predicted molar refractivity (Wildman–Crippen MR) is 90.8 cm³/mol. The van der Waals surface area contributed by atoms with Gasteiger partial charge in [0.15, 0.2) is 0 Å². The van der Waals surface area contributed by atoms with E-state index in [0.29, 0.717) is 6.04 Å². The number of hydrogen-bond acceptors (Lipinski definition) is 4. The number of aliphatic hydroxyl groups is 1. The minimum absolute atomic E-state index is 0.0691. The van der Waals surface area contributed by atoms with Crippen LogP contribution in [0.1, 0.15) is 52.4 Å². The van der Waals surface area contributed by atoms with Gasteiger partial charge in [0.1, 0.15) is 0 Å². The van der Waals surface area contributed by atoms with E-state index in [1.54, 1.807) is 0 Å². The van der Waals surface area contributed by atoms with Crippen LogP contribution in [0.15, 0.2) is 0 Å². The Balaban J connectivity index is 2.18. The summed E-state index contributed by atoms with van der Waals surface area (Å²) in [6.45, 7) is 9.36. The first-order chi connectivity index (χ1) is 9.99. The maximum atomic E-state index is 9.62. The summed E-state index contributed by atoms with van der Waals surface area (Å²) < 4.78 is 0. The predicted octanol–water partition coefficient (Wildman–Crippen LogP) is 1.93. The summed E-state index contributed by atoms with van der Waals surface area (Å²) in [5.74, 6) is 0. The maximum Gasteiger partial charge on any atom is 0.0610 e. The average molecular weight is 300 g/mol. The molecule has 4 nitrogen and oxygen atoms in total. The van der Waals surface area contributed by atoms with Crippen molar-refractivity contribution in [3.05, 3.63) is 0 Å². The zero-order chi connectivity index (χ0) is 15.7. The number of hydrogen-bond donors (Lipinski definition) is 2. The van der Waals surface area contributed by atoms with Gasteiger partial charge in [0.25, 0.3) is 0 Å². The molecule has 1 fully saturated rings. The number of likely N-dealkylation sites (N-methyl/N-ethyl adjacent to an activating group) is 1. The Morgan fingerprint density at radius 1 is 1.10 bits per heavy atom. The van der Waals surface area contributed by atoms with E-state index in [9.17, 15) is 5.11 Å². The van der Waals surface area contributed by atoms with Crippen LogP contribution in [0.2, 0.25) is 0 Å². The number of nitrogens with zero attached hydrogens (tertiary/aromatic N) is 2. The zero-order valence-corrected chi connectivity index (χ0v) is 14.7. The van der Waals surface area contributed by atoms with Crippen LogP contribution in [-0.2, 0) is 0 Å². The van der Waals surface area contributed by atoms with Gasteiger partial charge < -0.3 is 20.2 Å². The standard InChI is InChI=1S/C17H37N3O/c1-5-11-20(14-13-19(3)4)12-7-6-10-17(2,15-21)18-16-8-9-16/h16,18,21H,5-15H2,1-4H3. The minimum Gasteiger partial charge on any atom is -0.394 e. The van der Waals surface area contributed by atoms with Crippen LogP contribution in [0.3, 0.4) is 0 Å². The van der Waals surface area contributed by atoms with Gasteiger partial charge in [0.2, 0.25) is 0 Å². The SMILES string of the molecule is CCCN(CCCCC(C)(CO)NC1CC1)CCN(C)C. The van der Waals surface area contributed by atoms with E-state index in [1.807, 2.05) is 0 Å². The monoisotopic (exact) mass is 299 g/mol. The number of unbranched alkanes of at least 4 members (excludes halogenated alkanes) is 1. The van der Waals surface area contributed by atoms with E-state index >= 15 is 0 Å². The summed E-state index contributed by atoms with van der Waals surface area (Å²) in [4.78, 5) is 4.83. The molecule has 0 aromatic rings. The molecule has 0 aromatic heterocycles. The minimum atomic E-state index is -0.0691. The van der Waals surface area contributed by atoms with Crippen molar-refractivity contribution in [1.29, 1.82) is 0 Å². The molecular weight excluding hydrogens is 262 g/mol. The summed E-state index contributed by atoms with van der Waals surface area (Å²) in [7, 11) is 4.28. The van der Waals surface area contributed by atoms with Crippen molar-refractivity contribution in [2.45, 2.75) is 64.0 Å². The summed E-state index contributed by atoms with van der Waals surface area (Å²) in [6.07, 6.45) is 7.29. The lowest BCUT2D eigenvalue weighted by molar-refractivity contribution is 0.158. The largest absolute Gasteiger partial charge is 0.394 e. The van der Waals surface area contributed by atoms with Crippen molar-refractivity contribution in [2.75, 3.05) is 46.9 Å². The van der Waals surface area contributed by atoms with Gasteiger partial charge >= 0.3 is 0 Å². The van der Waals surface area contributed by atoms with Gasteiger partial charge in [-0.05, 0) is 66.2 Å². The lowest BCUT2D eigenvalue weighted by atomic mass is 9.95. The van der Waals surface area contributed by atoms with E-state index in [1.165, 1.54) is 51.7 Å². The number of nitrogens with one attached hydrogen (secondary N) is 1. The van der Waals surface area contributed by atoms with Crippen LogP contribution in [-0.4, -0.2) is 73.4 Å². The third kappa shape index (κ3) is 8.77. The molecule has 1 atom stereocenters. The molecule has 126 valence electrons. The highest BCUT2D eigenvalue weighted by Crippen LogP contribution is 2.24. The number of aliphatic hydroxyl groups excluding tert-OH is 1. The van der Waals surface area contributed by atoms with Crippen molar-refractivity contribution in [2.24, 2.45) is 0 Å². The second kappa shape index (κ2) is 9.78. The highest BCUT2D eigenvalue weighted by atomic mass is 16.3. The Morgan fingerprint density at radius 2 is 1.81 bits per heavy atom. The fourth-order valence-electron chi connectivity index (χ4n) is 2.76. The molecule has 4 heteroatoms. The lowest BCUT2D eigenvalue weighted by Gasteiger charge is -2.30. The van der Waals surface area contributed by atoms with Crippen molar-refractivity contribution < 1.29 is 5.11 Å². The molecule has 0 spiro atoms. The molecule has 0 aromatic carbocycles. The molecule has 0 amide bonds. The van der Waals surface area contributed by atoms with Gasteiger partial charge in [-0.2, -0.15) is 0 Å².